The number of thioether (sulfide) groups is 1. The molecule has 3 aromatic heterocycles. The largest absolute Gasteiger partial charge is 0.352 e. The number of benzene rings is 2. The number of carbonyl (C=O) groups excluding carboxylic acids is 1. The minimum Gasteiger partial charge on any atom is -0.352 e. The second-order valence-electron chi connectivity index (χ2n) is 8.53. The molecule has 35 heavy (non-hydrogen) atoms. The number of H-pyrrole nitrogens is 1. The van der Waals surface area contributed by atoms with E-state index in [-0.39, 0.29) is 5.91 Å². The minimum absolute atomic E-state index is 0.0651. The van der Waals surface area contributed by atoms with Crippen LogP contribution < -0.4 is 4.90 Å². The van der Waals surface area contributed by atoms with Crippen molar-refractivity contribution in [2.75, 3.05) is 31.1 Å². The monoisotopic (exact) mass is 484 g/mol. The fraction of sp³-hybridized carbons (Fsp3) is 0.240. The summed E-state index contributed by atoms with van der Waals surface area (Å²) in [5, 5.41) is 6.13. The molecule has 0 unspecified atom stereocenters. The quantitative estimate of drug-likeness (QED) is 0.382. The van der Waals surface area contributed by atoms with E-state index in [0.717, 1.165) is 57.4 Å². The molecule has 0 aliphatic carbocycles. The summed E-state index contributed by atoms with van der Waals surface area (Å²) in [7, 11) is 1.87. The number of aromatic nitrogens is 6. The molecule has 0 bridgehead atoms. The van der Waals surface area contributed by atoms with Gasteiger partial charge in [0.2, 0.25) is 0 Å². The van der Waals surface area contributed by atoms with Crippen LogP contribution in [0.4, 0.5) is 5.82 Å². The number of hydrogen-bond donors (Lipinski definition) is 1. The highest BCUT2D eigenvalue weighted by Gasteiger charge is 2.24. The van der Waals surface area contributed by atoms with E-state index in [4.69, 9.17) is 0 Å². The fourth-order valence-corrected chi connectivity index (χ4v) is 5.24. The molecule has 0 saturated carbocycles. The predicted octanol–water partition coefficient (Wildman–Crippen LogP) is 3.49. The highest BCUT2D eigenvalue weighted by Crippen LogP contribution is 2.25. The Morgan fingerprint density at radius 1 is 1.03 bits per heavy atom. The molecular formula is C25H24N8OS. The number of imidazole rings is 1. The van der Waals surface area contributed by atoms with Gasteiger partial charge in [-0.05, 0) is 29.8 Å². The lowest BCUT2D eigenvalue weighted by molar-refractivity contribution is 0.0746. The van der Waals surface area contributed by atoms with Gasteiger partial charge in [-0.2, -0.15) is 5.10 Å². The summed E-state index contributed by atoms with van der Waals surface area (Å²) in [6.07, 6.45) is 3.38. The van der Waals surface area contributed by atoms with E-state index in [1.165, 1.54) is 0 Å². The number of aryl methyl sites for hydroxylation is 1. The van der Waals surface area contributed by atoms with Gasteiger partial charge in [0.15, 0.2) is 10.8 Å². The normalized spacial score (nSPS) is 14.2. The van der Waals surface area contributed by atoms with Crippen molar-refractivity contribution in [1.29, 1.82) is 0 Å². The molecule has 1 N–H and O–H groups in total. The zero-order valence-electron chi connectivity index (χ0n) is 19.3. The van der Waals surface area contributed by atoms with Gasteiger partial charge in [-0.3, -0.25) is 9.48 Å². The maximum atomic E-state index is 13.1. The third-order valence-electron chi connectivity index (χ3n) is 6.32. The van der Waals surface area contributed by atoms with Crippen LogP contribution in [0.2, 0.25) is 0 Å². The number of carbonyl (C=O) groups is 1. The number of anilines is 1. The standard InChI is InChI=1S/C25H24N8OS/c1-31-22-19(14-28-31)23(27-16-26-22)32-10-12-33(13-11-32)24(34)18-8-6-17(7-9-18)15-35-25-29-20-4-2-3-5-21(20)30-25/h2-9,14,16H,10-13,15H2,1H3,(H,29,30). The molecule has 1 saturated heterocycles. The summed E-state index contributed by atoms with van der Waals surface area (Å²) >= 11 is 1.66. The molecule has 176 valence electrons. The molecule has 4 heterocycles. The number of nitrogens with one attached hydrogen (secondary N) is 1. The minimum atomic E-state index is 0.0651. The van der Waals surface area contributed by atoms with E-state index in [1.807, 2.05) is 60.5 Å². The SMILES string of the molecule is Cn1ncc2c(N3CCN(C(=O)c4ccc(CSc5nc6ccccc6[nH]5)cc4)CC3)ncnc21. The van der Waals surface area contributed by atoms with Crippen molar-refractivity contribution in [2.45, 2.75) is 10.9 Å². The lowest BCUT2D eigenvalue weighted by Crippen LogP contribution is -2.49. The van der Waals surface area contributed by atoms with Crippen LogP contribution >= 0.6 is 11.8 Å². The Hall–Kier alpha value is -3.92. The third-order valence-corrected chi connectivity index (χ3v) is 7.26. The van der Waals surface area contributed by atoms with Crippen LogP contribution in [0.25, 0.3) is 22.1 Å². The summed E-state index contributed by atoms with van der Waals surface area (Å²) in [6, 6.07) is 15.9. The zero-order chi connectivity index (χ0) is 23.8. The van der Waals surface area contributed by atoms with Crippen molar-refractivity contribution in [3.05, 3.63) is 72.2 Å². The number of para-hydroxylation sites is 2. The Labute approximate surface area is 206 Å². The van der Waals surface area contributed by atoms with Gasteiger partial charge in [-0.25, -0.2) is 15.0 Å². The fourth-order valence-electron chi connectivity index (χ4n) is 4.40. The maximum absolute atomic E-state index is 13.1. The van der Waals surface area contributed by atoms with Crippen LogP contribution in [0.1, 0.15) is 15.9 Å². The molecule has 0 spiro atoms. The summed E-state index contributed by atoms with van der Waals surface area (Å²) < 4.78 is 1.75. The van der Waals surface area contributed by atoms with E-state index >= 15 is 0 Å². The van der Waals surface area contributed by atoms with Crippen LogP contribution in [0, 0.1) is 0 Å². The lowest BCUT2D eigenvalue weighted by Gasteiger charge is -2.35. The molecule has 0 radical (unpaired) electrons. The van der Waals surface area contributed by atoms with E-state index in [9.17, 15) is 4.79 Å². The maximum Gasteiger partial charge on any atom is 0.253 e. The van der Waals surface area contributed by atoms with E-state index in [2.05, 4.69) is 29.9 Å². The van der Waals surface area contributed by atoms with Crippen LogP contribution in [0.5, 0.6) is 0 Å². The number of aromatic amines is 1. The third kappa shape index (κ3) is 4.21. The van der Waals surface area contributed by atoms with Crippen molar-refractivity contribution in [2.24, 2.45) is 7.05 Å². The Kier molecular flexibility index (Phi) is 5.57. The molecule has 1 amide bonds. The van der Waals surface area contributed by atoms with Crippen molar-refractivity contribution < 1.29 is 4.79 Å². The smallest absolute Gasteiger partial charge is 0.253 e. The first-order chi connectivity index (χ1) is 17.2. The van der Waals surface area contributed by atoms with Gasteiger partial charge in [0, 0.05) is 44.5 Å². The van der Waals surface area contributed by atoms with Crippen molar-refractivity contribution >= 4 is 45.6 Å². The number of amides is 1. The predicted molar refractivity (Wildman–Crippen MR) is 137 cm³/mol. The van der Waals surface area contributed by atoms with E-state index in [1.54, 1.807) is 29.0 Å². The van der Waals surface area contributed by atoms with Crippen molar-refractivity contribution in [3.63, 3.8) is 0 Å². The lowest BCUT2D eigenvalue weighted by atomic mass is 10.1. The molecular weight excluding hydrogens is 460 g/mol. The van der Waals surface area contributed by atoms with E-state index < -0.39 is 0 Å². The van der Waals surface area contributed by atoms with Crippen LogP contribution in [-0.2, 0) is 12.8 Å². The molecule has 1 fully saturated rings. The van der Waals surface area contributed by atoms with Gasteiger partial charge in [0.05, 0.1) is 22.6 Å². The Balaban J connectivity index is 1.07. The van der Waals surface area contributed by atoms with Gasteiger partial charge in [0.25, 0.3) is 5.91 Å². The number of piperazine rings is 1. The van der Waals surface area contributed by atoms with Crippen LogP contribution in [0.3, 0.4) is 0 Å². The number of rotatable bonds is 5. The molecule has 6 rings (SSSR count). The number of fused-ring (bicyclic) bond motifs is 2. The summed E-state index contributed by atoms with van der Waals surface area (Å²) in [6.45, 7) is 2.74. The Morgan fingerprint density at radius 2 is 1.83 bits per heavy atom. The molecule has 1 aliphatic rings. The molecule has 1 aliphatic heterocycles. The zero-order valence-corrected chi connectivity index (χ0v) is 20.1. The highest BCUT2D eigenvalue weighted by molar-refractivity contribution is 7.98. The van der Waals surface area contributed by atoms with Gasteiger partial charge in [0.1, 0.15) is 12.1 Å². The van der Waals surface area contributed by atoms with Crippen LogP contribution in [0.15, 0.2) is 66.2 Å². The molecule has 0 atom stereocenters. The van der Waals surface area contributed by atoms with Crippen molar-refractivity contribution in [1.82, 2.24) is 34.6 Å². The summed E-state index contributed by atoms with van der Waals surface area (Å²) in [4.78, 5) is 34.0. The number of nitrogens with zero attached hydrogens (tertiary/aromatic N) is 7. The van der Waals surface area contributed by atoms with Gasteiger partial charge < -0.3 is 14.8 Å². The van der Waals surface area contributed by atoms with Gasteiger partial charge >= 0.3 is 0 Å². The summed E-state index contributed by atoms with van der Waals surface area (Å²) in [5.74, 6) is 1.73. The molecule has 10 heteroatoms. The second kappa shape index (κ2) is 9.03. The van der Waals surface area contributed by atoms with Crippen LogP contribution in [-0.4, -0.2) is 66.7 Å². The second-order valence-corrected chi connectivity index (χ2v) is 9.49. The highest BCUT2D eigenvalue weighted by atomic mass is 32.2. The van der Waals surface area contributed by atoms with Gasteiger partial charge in [-0.15, -0.1) is 0 Å². The molecule has 5 aromatic rings. The summed E-state index contributed by atoms with van der Waals surface area (Å²) in [5.41, 5.74) is 4.70. The first kappa shape index (κ1) is 21.6. The molecule has 2 aromatic carbocycles. The first-order valence-electron chi connectivity index (χ1n) is 11.5. The molecule has 9 nitrogen and oxygen atoms in total. The van der Waals surface area contributed by atoms with E-state index in [0.29, 0.717) is 18.7 Å². The van der Waals surface area contributed by atoms with Gasteiger partial charge in [-0.1, -0.05) is 36.0 Å². The number of hydrogen-bond acceptors (Lipinski definition) is 7. The Morgan fingerprint density at radius 3 is 2.63 bits per heavy atom. The first-order valence-corrected chi connectivity index (χ1v) is 12.5. The average Bonchev–Trinajstić information content (AvgIpc) is 3.50. The van der Waals surface area contributed by atoms with Crippen molar-refractivity contribution in [3.8, 4) is 0 Å². The average molecular weight is 485 g/mol. The Bertz CT molecular complexity index is 1470. The topological polar surface area (TPSA) is 95.8 Å².